The number of carbonyl (C=O) groups excluding carboxylic acids is 1. The molecular formula is C4H7K2N2O3+. The van der Waals surface area contributed by atoms with Crippen molar-refractivity contribution in [1.82, 2.24) is 5.43 Å². The van der Waals surface area contributed by atoms with Gasteiger partial charge in [0.15, 0.2) is 0 Å². The number of carboxylic acids is 1. The van der Waals surface area contributed by atoms with Gasteiger partial charge in [-0.15, -0.1) is 4.91 Å². The van der Waals surface area contributed by atoms with Gasteiger partial charge in [-0.25, -0.2) is 0 Å². The molecule has 0 heterocycles. The van der Waals surface area contributed by atoms with Crippen LogP contribution >= 0.6 is 0 Å². The molecule has 0 unspecified atom stereocenters. The summed E-state index contributed by atoms with van der Waals surface area (Å²) in [6, 6.07) is 0. The van der Waals surface area contributed by atoms with Crippen LogP contribution in [0.4, 0.5) is 0 Å². The number of rotatable bonds is 3. The molecule has 0 spiro atoms. The first kappa shape index (κ1) is 18.8. The summed E-state index contributed by atoms with van der Waals surface area (Å²) in [6.45, 7) is 2.56. The van der Waals surface area contributed by atoms with E-state index in [9.17, 15) is 14.8 Å². The summed E-state index contributed by atoms with van der Waals surface area (Å²) >= 11 is 0. The van der Waals surface area contributed by atoms with Gasteiger partial charge in [-0.3, -0.25) is 5.43 Å². The summed E-state index contributed by atoms with van der Waals surface area (Å²) in [7, 11) is 0. The average Bonchev–Trinajstić information content (AvgIpc) is 1.65. The van der Waals surface area contributed by atoms with Gasteiger partial charge in [0.05, 0.1) is 16.8 Å². The van der Waals surface area contributed by atoms with Gasteiger partial charge >= 0.3 is 103 Å². The second-order valence-electron chi connectivity index (χ2n) is 2.12. The van der Waals surface area contributed by atoms with E-state index in [2.05, 4.69) is 5.29 Å². The zero-order valence-electron chi connectivity index (χ0n) is 7.17. The summed E-state index contributed by atoms with van der Waals surface area (Å²) < 4.78 is 0. The normalized spacial score (nSPS) is 8.55. The van der Waals surface area contributed by atoms with E-state index in [4.69, 9.17) is 0 Å². The van der Waals surface area contributed by atoms with Crippen LogP contribution in [0, 0.1) is 4.91 Å². The minimum Gasteiger partial charge on any atom is -0.548 e. The molecule has 0 bridgehead atoms. The Balaban J connectivity index is -0.000000320. The van der Waals surface area contributed by atoms with Crippen LogP contribution in [0.1, 0.15) is 13.8 Å². The van der Waals surface area contributed by atoms with Crippen molar-refractivity contribution < 1.29 is 113 Å². The third kappa shape index (κ3) is 8.47. The van der Waals surface area contributed by atoms with Crippen LogP contribution < -0.4 is 113 Å². The predicted molar refractivity (Wildman–Crippen MR) is 28.0 cm³/mol. The Hall–Kier alpha value is 2.14. The number of nitrogens with one attached hydrogen (secondary N) is 1. The molecule has 0 aliphatic heterocycles. The first-order valence-corrected chi connectivity index (χ1v) is 2.31. The Morgan fingerprint density at radius 2 is 1.82 bits per heavy atom. The van der Waals surface area contributed by atoms with Gasteiger partial charge in [0, 0.05) is 0 Å². The predicted octanol–water partition coefficient (Wildman–Crippen LogP) is -7.21. The van der Waals surface area contributed by atoms with Crippen molar-refractivity contribution in [2.24, 2.45) is 5.29 Å². The number of hydrogen-bond acceptors (Lipinski definition) is 4. The molecule has 52 valence electrons. The van der Waals surface area contributed by atoms with E-state index < -0.39 is 11.5 Å². The van der Waals surface area contributed by atoms with Crippen LogP contribution in [-0.4, -0.2) is 11.5 Å². The third-order valence-corrected chi connectivity index (χ3v) is 0.835. The van der Waals surface area contributed by atoms with Crippen molar-refractivity contribution >= 4 is 5.97 Å². The van der Waals surface area contributed by atoms with Crippen LogP contribution in [-0.2, 0) is 4.79 Å². The van der Waals surface area contributed by atoms with Crippen molar-refractivity contribution in [3.8, 4) is 0 Å². The molecular weight excluding hydrogens is 202 g/mol. The Kier molecular flexibility index (Phi) is 14.9. The zero-order chi connectivity index (χ0) is 7.49. The molecule has 7 heteroatoms. The largest absolute Gasteiger partial charge is 1.00 e. The molecule has 0 amide bonds. The van der Waals surface area contributed by atoms with Crippen molar-refractivity contribution in [2.75, 3.05) is 0 Å². The number of hydrogen-bond donors (Lipinski definition) is 1. The van der Waals surface area contributed by atoms with Gasteiger partial charge in [0.2, 0.25) is 0 Å². The van der Waals surface area contributed by atoms with Gasteiger partial charge in [0.25, 0.3) is 0 Å². The van der Waals surface area contributed by atoms with E-state index in [0.29, 0.717) is 0 Å². The number of carbonyl (C=O) groups is 1. The molecule has 11 heavy (non-hydrogen) atoms. The Bertz CT molecular complexity index is 139. The molecule has 5 nitrogen and oxygen atoms in total. The SMILES string of the molecule is CC(C)(NN=O)C(=O)[O-].[K+].[K+]. The van der Waals surface area contributed by atoms with Gasteiger partial charge < -0.3 is 9.90 Å². The van der Waals surface area contributed by atoms with Gasteiger partial charge in [0.1, 0.15) is 0 Å². The molecule has 0 rings (SSSR count). The maximum absolute atomic E-state index is 10.0. The van der Waals surface area contributed by atoms with Crippen LogP contribution in [0.2, 0.25) is 0 Å². The number of aliphatic carboxylic acids is 1. The van der Waals surface area contributed by atoms with E-state index in [-0.39, 0.29) is 103 Å². The van der Waals surface area contributed by atoms with Crippen molar-refractivity contribution in [3.05, 3.63) is 4.91 Å². The Labute approximate surface area is 150 Å². The van der Waals surface area contributed by atoms with Crippen molar-refractivity contribution in [3.63, 3.8) is 0 Å². The van der Waals surface area contributed by atoms with Crippen LogP contribution in [0.5, 0.6) is 0 Å². The third-order valence-electron chi connectivity index (χ3n) is 0.835. The smallest absolute Gasteiger partial charge is 0.548 e. The standard InChI is InChI=1S/C4H8N2O3.2K/c1-4(2,3(7)8)5-6-9;;/h1-2H3,(H,5,9)(H,7,8);;/q;2*+1/p-1. The number of nitrogens with zero attached hydrogens (tertiary/aromatic N) is 1. The quantitative estimate of drug-likeness (QED) is 0.284. The molecule has 1 N–H and O–H groups in total. The summed E-state index contributed by atoms with van der Waals surface area (Å²) in [5, 5.41) is 12.2. The maximum atomic E-state index is 10.0. The van der Waals surface area contributed by atoms with Crippen LogP contribution in [0.25, 0.3) is 0 Å². The van der Waals surface area contributed by atoms with Crippen LogP contribution in [0.3, 0.4) is 0 Å². The number of carboxylic acid groups (broad SMARTS) is 1. The second-order valence-corrected chi connectivity index (χ2v) is 2.12. The summed E-state index contributed by atoms with van der Waals surface area (Å²) in [6.07, 6.45) is 0. The van der Waals surface area contributed by atoms with Crippen molar-refractivity contribution in [1.29, 1.82) is 0 Å². The zero-order valence-corrected chi connectivity index (χ0v) is 13.4. The molecule has 0 aromatic rings. The van der Waals surface area contributed by atoms with Gasteiger partial charge in [-0.1, -0.05) is 0 Å². The maximum Gasteiger partial charge on any atom is 1.00 e. The van der Waals surface area contributed by atoms with Gasteiger partial charge in [-0.2, -0.15) is 0 Å². The summed E-state index contributed by atoms with van der Waals surface area (Å²) in [4.78, 5) is 19.5. The van der Waals surface area contributed by atoms with Crippen molar-refractivity contribution in [2.45, 2.75) is 19.4 Å². The fourth-order valence-corrected chi connectivity index (χ4v) is 0.160. The molecule has 0 radical (unpaired) electrons. The fourth-order valence-electron chi connectivity index (χ4n) is 0.160. The molecule has 0 aromatic heterocycles. The minimum absolute atomic E-state index is 0. The topological polar surface area (TPSA) is 81.6 Å². The van der Waals surface area contributed by atoms with Crippen LogP contribution in [0.15, 0.2) is 5.29 Å². The van der Waals surface area contributed by atoms with E-state index >= 15 is 0 Å². The first-order chi connectivity index (χ1) is 4.00. The monoisotopic (exact) mass is 209 g/mol. The fraction of sp³-hybridized carbons (Fsp3) is 0.750. The molecule has 0 saturated carbocycles. The number of nitroso groups, excluding NO2 is 1. The molecule has 0 fully saturated rings. The van der Waals surface area contributed by atoms with E-state index in [0.717, 1.165) is 0 Å². The second kappa shape index (κ2) is 8.73. The molecule has 0 atom stereocenters. The minimum atomic E-state index is -1.37. The molecule has 0 saturated heterocycles. The van der Waals surface area contributed by atoms with E-state index in [1.807, 2.05) is 5.43 Å². The molecule has 0 aliphatic carbocycles. The Morgan fingerprint density at radius 1 is 1.45 bits per heavy atom. The molecule has 0 aromatic carbocycles. The average molecular weight is 209 g/mol. The summed E-state index contributed by atoms with van der Waals surface area (Å²) in [5.74, 6) is -1.36. The molecule has 0 aliphatic rings. The van der Waals surface area contributed by atoms with E-state index in [1.54, 1.807) is 0 Å². The Morgan fingerprint density at radius 3 is 1.91 bits per heavy atom. The van der Waals surface area contributed by atoms with Gasteiger partial charge in [-0.05, 0) is 13.8 Å². The van der Waals surface area contributed by atoms with E-state index in [1.165, 1.54) is 13.8 Å². The summed E-state index contributed by atoms with van der Waals surface area (Å²) in [5.41, 5.74) is 0.455. The first-order valence-electron chi connectivity index (χ1n) is 2.31.